The first-order valence-electron chi connectivity index (χ1n) is 7.15. The largest absolute Gasteiger partial charge is 0.489 e. The molecule has 5 heteroatoms. The van der Waals surface area contributed by atoms with Gasteiger partial charge in [0.25, 0.3) is 0 Å². The van der Waals surface area contributed by atoms with Gasteiger partial charge in [0.1, 0.15) is 11.9 Å². The molecule has 1 N–H and O–H groups in total. The lowest BCUT2D eigenvalue weighted by molar-refractivity contribution is 0.211. The van der Waals surface area contributed by atoms with E-state index in [4.69, 9.17) is 4.74 Å². The molecule has 0 amide bonds. The van der Waals surface area contributed by atoms with Crippen molar-refractivity contribution in [1.82, 2.24) is 5.32 Å². The fourth-order valence-electron chi connectivity index (χ4n) is 2.51. The molecule has 1 aliphatic carbocycles. The van der Waals surface area contributed by atoms with Gasteiger partial charge in [0.2, 0.25) is 0 Å². The normalized spacial score (nSPS) is 18.1. The van der Waals surface area contributed by atoms with Crippen molar-refractivity contribution in [3.8, 4) is 5.75 Å². The van der Waals surface area contributed by atoms with Crippen LogP contribution in [0.3, 0.4) is 0 Å². The summed E-state index contributed by atoms with van der Waals surface area (Å²) >= 11 is 0. The van der Waals surface area contributed by atoms with Crippen molar-refractivity contribution >= 4 is 9.84 Å². The van der Waals surface area contributed by atoms with Gasteiger partial charge in [-0.05, 0) is 38.0 Å². The molecule has 2 rings (SSSR count). The second-order valence-corrected chi connectivity index (χ2v) is 7.58. The molecule has 112 valence electrons. The van der Waals surface area contributed by atoms with Crippen molar-refractivity contribution in [2.45, 2.75) is 49.6 Å². The lowest BCUT2D eigenvalue weighted by Crippen LogP contribution is -2.35. The molecular weight excluding hydrogens is 274 g/mol. The number of benzene rings is 1. The molecule has 1 unspecified atom stereocenters. The van der Waals surface area contributed by atoms with E-state index < -0.39 is 9.84 Å². The molecule has 4 nitrogen and oxygen atoms in total. The Kier molecular flexibility index (Phi) is 5.05. The van der Waals surface area contributed by atoms with Gasteiger partial charge in [-0.1, -0.05) is 18.9 Å². The summed E-state index contributed by atoms with van der Waals surface area (Å²) in [5.41, 5.74) is 0. The van der Waals surface area contributed by atoms with E-state index in [-0.39, 0.29) is 6.10 Å². The molecule has 0 spiro atoms. The summed E-state index contributed by atoms with van der Waals surface area (Å²) in [5.74, 6) is 0.605. The molecule has 0 aliphatic heterocycles. The molecule has 1 atom stereocenters. The second-order valence-electron chi connectivity index (χ2n) is 5.57. The Bertz CT molecular complexity index is 536. The second kappa shape index (κ2) is 6.59. The fourth-order valence-corrected chi connectivity index (χ4v) is 3.17. The van der Waals surface area contributed by atoms with Crippen LogP contribution >= 0.6 is 0 Å². The minimum absolute atomic E-state index is 0.0189. The molecular formula is C15H23NO3S. The third-order valence-corrected chi connectivity index (χ3v) is 4.73. The topological polar surface area (TPSA) is 55.4 Å². The summed E-state index contributed by atoms with van der Waals surface area (Å²) in [5, 5.41) is 3.50. The molecule has 0 saturated heterocycles. The van der Waals surface area contributed by atoms with E-state index in [2.05, 4.69) is 5.32 Å². The molecule has 1 saturated carbocycles. The molecule has 0 heterocycles. The van der Waals surface area contributed by atoms with Gasteiger partial charge in [-0.25, -0.2) is 8.42 Å². The van der Waals surface area contributed by atoms with Crippen LogP contribution in [0.5, 0.6) is 5.75 Å². The van der Waals surface area contributed by atoms with Crippen LogP contribution in [-0.2, 0) is 9.84 Å². The average Bonchev–Trinajstić information content (AvgIpc) is 2.89. The van der Waals surface area contributed by atoms with Gasteiger partial charge in [-0.3, -0.25) is 0 Å². The maximum absolute atomic E-state index is 11.5. The van der Waals surface area contributed by atoms with Crippen molar-refractivity contribution < 1.29 is 13.2 Å². The van der Waals surface area contributed by atoms with Crippen LogP contribution in [-0.4, -0.2) is 33.4 Å². The third kappa shape index (κ3) is 4.49. The minimum Gasteiger partial charge on any atom is -0.489 e. The van der Waals surface area contributed by atoms with Crippen LogP contribution in [0.2, 0.25) is 0 Å². The van der Waals surface area contributed by atoms with Crippen molar-refractivity contribution in [3.05, 3.63) is 24.3 Å². The van der Waals surface area contributed by atoms with Crippen LogP contribution < -0.4 is 10.1 Å². The zero-order valence-electron chi connectivity index (χ0n) is 12.1. The molecule has 20 heavy (non-hydrogen) atoms. The highest BCUT2D eigenvalue weighted by molar-refractivity contribution is 7.90. The van der Waals surface area contributed by atoms with Crippen molar-refractivity contribution in [1.29, 1.82) is 0 Å². The zero-order chi connectivity index (χ0) is 14.6. The van der Waals surface area contributed by atoms with Crippen LogP contribution in [0.25, 0.3) is 0 Å². The third-order valence-electron chi connectivity index (χ3n) is 3.62. The highest BCUT2D eigenvalue weighted by Crippen LogP contribution is 2.19. The van der Waals surface area contributed by atoms with Crippen LogP contribution in [0, 0.1) is 0 Å². The Balaban J connectivity index is 1.88. The smallest absolute Gasteiger partial charge is 0.175 e. The SMILES string of the molecule is CC(CNC1CCCC1)Oc1cccc(S(C)(=O)=O)c1. The molecule has 1 aromatic carbocycles. The lowest BCUT2D eigenvalue weighted by Gasteiger charge is -2.18. The van der Waals surface area contributed by atoms with Crippen LogP contribution in [0.15, 0.2) is 29.2 Å². The Hall–Kier alpha value is -1.07. The van der Waals surface area contributed by atoms with Crippen molar-refractivity contribution in [2.24, 2.45) is 0 Å². The standard InChI is InChI=1S/C15H23NO3S/c1-12(11-16-13-6-3-4-7-13)19-14-8-5-9-15(10-14)20(2,17)18/h5,8-10,12-13,16H,3-4,6-7,11H2,1-2H3. The van der Waals surface area contributed by atoms with Gasteiger partial charge in [0.15, 0.2) is 9.84 Å². The van der Waals surface area contributed by atoms with E-state index in [1.807, 2.05) is 6.92 Å². The fraction of sp³-hybridized carbons (Fsp3) is 0.600. The predicted molar refractivity (Wildman–Crippen MR) is 79.9 cm³/mol. The number of sulfone groups is 1. The highest BCUT2D eigenvalue weighted by atomic mass is 32.2. The molecule has 0 bridgehead atoms. The Morgan fingerprint density at radius 1 is 1.35 bits per heavy atom. The average molecular weight is 297 g/mol. The highest BCUT2D eigenvalue weighted by Gasteiger charge is 2.16. The first-order chi connectivity index (χ1) is 9.45. The van der Waals surface area contributed by atoms with Gasteiger partial charge < -0.3 is 10.1 Å². The zero-order valence-corrected chi connectivity index (χ0v) is 12.9. The summed E-state index contributed by atoms with van der Waals surface area (Å²) in [6, 6.07) is 7.29. The van der Waals surface area contributed by atoms with Gasteiger partial charge >= 0.3 is 0 Å². The van der Waals surface area contributed by atoms with Crippen LogP contribution in [0.1, 0.15) is 32.6 Å². The number of ether oxygens (including phenoxy) is 1. The number of rotatable bonds is 6. The minimum atomic E-state index is -3.18. The summed E-state index contributed by atoms with van der Waals surface area (Å²) < 4.78 is 28.8. The maximum atomic E-state index is 11.5. The quantitative estimate of drug-likeness (QED) is 0.876. The van der Waals surface area contributed by atoms with E-state index in [1.54, 1.807) is 24.3 Å². The van der Waals surface area contributed by atoms with E-state index in [0.717, 1.165) is 6.54 Å². The predicted octanol–water partition coefficient (Wildman–Crippen LogP) is 2.39. The molecule has 0 aromatic heterocycles. The maximum Gasteiger partial charge on any atom is 0.175 e. The van der Waals surface area contributed by atoms with E-state index in [9.17, 15) is 8.42 Å². The van der Waals surface area contributed by atoms with Crippen LogP contribution in [0.4, 0.5) is 0 Å². The summed E-state index contributed by atoms with van der Waals surface area (Å²) in [6.07, 6.45) is 6.33. The number of hydrogen-bond acceptors (Lipinski definition) is 4. The molecule has 1 fully saturated rings. The van der Waals surface area contributed by atoms with Gasteiger partial charge in [-0.15, -0.1) is 0 Å². The van der Waals surface area contributed by atoms with Gasteiger partial charge in [-0.2, -0.15) is 0 Å². The van der Waals surface area contributed by atoms with E-state index >= 15 is 0 Å². The van der Waals surface area contributed by atoms with Gasteiger partial charge in [0.05, 0.1) is 4.90 Å². The van der Waals surface area contributed by atoms with Gasteiger partial charge in [0, 0.05) is 18.8 Å². The Morgan fingerprint density at radius 2 is 2.05 bits per heavy atom. The van der Waals surface area contributed by atoms with E-state index in [0.29, 0.717) is 16.7 Å². The first kappa shape index (κ1) is 15.3. The number of hydrogen-bond donors (Lipinski definition) is 1. The Labute approximate surface area is 121 Å². The summed E-state index contributed by atoms with van der Waals surface area (Å²) in [4.78, 5) is 0.297. The first-order valence-corrected chi connectivity index (χ1v) is 9.04. The number of nitrogens with one attached hydrogen (secondary N) is 1. The monoisotopic (exact) mass is 297 g/mol. The molecule has 1 aliphatic rings. The summed E-state index contributed by atoms with van der Waals surface area (Å²) in [6.45, 7) is 2.78. The van der Waals surface area contributed by atoms with Crippen molar-refractivity contribution in [2.75, 3.05) is 12.8 Å². The van der Waals surface area contributed by atoms with E-state index in [1.165, 1.54) is 31.9 Å². The Morgan fingerprint density at radius 3 is 2.70 bits per heavy atom. The van der Waals surface area contributed by atoms with Crippen molar-refractivity contribution in [3.63, 3.8) is 0 Å². The molecule has 0 radical (unpaired) electrons. The molecule has 1 aromatic rings. The summed E-state index contributed by atoms with van der Waals surface area (Å²) in [7, 11) is -3.18. The lowest BCUT2D eigenvalue weighted by atomic mass is 10.2.